The monoisotopic (exact) mass is 286 g/mol. The van der Waals surface area contributed by atoms with E-state index in [1.54, 1.807) is 0 Å². The molecule has 0 amide bonds. The van der Waals surface area contributed by atoms with Crippen LogP contribution in [0.25, 0.3) is 11.4 Å². The van der Waals surface area contributed by atoms with E-state index in [4.69, 9.17) is 5.73 Å². The summed E-state index contributed by atoms with van der Waals surface area (Å²) in [5.41, 5.74) is 7.47. The molecular weight excluding hydrogens is 260 g/mol. The van der Waals surface area contributed by atoms with Crippen molar-refractivity contribution in [2.75, 3.05) is 5.73 Å². The van der Waals surface area contributed by atoms with Crippen molar-refractivity contribution in [2.45, 2.75) is 58.4 Å². The molecular formula is C17H26N4. The van der Waals surface area contributed by atoms with E-state index >= 15 is 0 Å². The van der Waals surface area contributed by atoms with Crippen LogP contribution in [0.4, 0.5) is 5.69 Å². The molecule has 0 spiro atoms. The molecule has 114 valence electrons. The summed E-state index contributed by atoms with van der Waals surface area (Å²) in [5.74, 6) is 0.776. The lowest BCUT2D eigenvalue weighted by atomic mass is 10.1. The molecule has 0 atom stereocenters. The second-order valence-corrected chi connectivity index (χ2v) is 5.57. The Balaban J connectivity index is 1.72. The topological polar surface area (TPSA) is 56.7 Å². The van der Waals surface area contributed by atoms with Gasteiger partial charge >= 0.3 is 0 Å². The van der Waals surface area contributed by atoms with Crippen LogP contribution in [0.3, 0.4) is 0 Å². The SMILES string of the molecule is CCCCCCCCCn1cnc(-c2ccc(N)cc2)n1. The van der Waals surface area contributed by atoms with E-state index in [9.17, 15) is 0 Å². The van der Waals surface area contributed by atoms with Gasteiger partial charge in [-0.05, 0) is 30.7 Å². The summed E-state index contributed by atoms with van der Waals surface area (Å²) in [6.45, 7) is 3.21. The summed E-state index contributed by atoms with van der Waals surface area (Å²) in [6.07, 6.45) is 11.0. The van der Waals surface area contributed by atoms with Crippen molar-refractivity contribution in [1.82, 2.24) is 14.8 Å². The van der Waals surface area contributed by atoms with Crippen LogP contribution in [-0.4, -0.2) is 14.8 Å². The van der Waals surface area contributed by atoms with Gasteiger partial charge in [-0.2, -0.15) is 5.10 Å². The van der Waals surface area contributed by atoms with Crippen LogP contribution in [0.2, 0.25) is 0 Å². The van der Waals surface area contributed by atoms with Crippen LogP contribution in [0, 0.1) is 0 Å². The highest BCUT2D eigenvalue weighted by atomic mass is 15.3. The van der Waals surface area contributed by atoms with Crippen LogP contribution in [0.1, 0.15) is 51.9 Å². The zero-order valence-electron chi connectivity index (χ0n) is 13.0. The number of hydrogen-bond donors (Lipinski definition) is 1. The van der Waals surface area contributed by atoms with Crippen molar-refractivity contribution < 1.29 is 0 Å². The van der Waals surface area contributed by atoms with Gasteiger partial charge in [0, 0.05) is 17.8 Å². The molecule has 4 nitrogen and oxygen atoms in total. The lowest BCUT2D eigenvalue weighted by molar-refractivity contribution is 0.523. The third kappa shape index (κ3) is 5.21. The quantitative estimate of drug-likeness (QED) is 0.553. The number of nitrogens with zero attached hydrogens (tertiary/aromatic N) is 3. The Morgan fingerprint density at radius 2 is 1.62 bits per heavy atom. The first kappa shape index (κ1) is 15.5. The summed E-state index contributed by atoms with van der Waals surface area (Å²) in [5, 5.41) is 4.52. The maximum atomic E-state index is 5.69. The van der Waals surface area contributed by atoms with Crippen LogP contribution in [0.5, 0.6) is 0 Å². The average Bonchev–Trinajstić information content (AvgIpc) is 2.96. The van der Waals surface area contributed by atoms with Gasteiger partial charge in [0.2, 0.25) is 0 Å². The number of aryl methyl sites for hydroxylation is 1. The van der Waals surface area contributed by atoms with Gasteiger partial charge in [0.1, 0.15) is 6.33 Å². The zero-order chi connectivity index (χ0) is 14.9. The summed E-state index contributed by atoms with van der Waals surface area (Å²) >= 11 is 0. The molecule has 2 aromatic rings. The fraction of sp³-hybridized carbons (Fsp3) is 0.529. The molecule has 0 aliphatic rings. The highest BCUT2D eigenvalue weighted by Gasteiger charge is 2.03. The third-order valence-corrected chi connectivity index (χ3v) is 3.70. The number of nitrogens with two attached hydrogens (primary N) is 1. The van der Waals surface area contributed by atoms with Crippen molar-refractivity contribution in [2.24, 2.45) is 0 Å². The average molecular weight is 286 g/mol. The second kappa shape index (κ2) is 8.45. The fourth-order valence-corrected chi connectivity index (χ4v) is 2.40. The Labute approximate surface area is 127 Å². The molecule has 21 heavy (non-hydrogen) atoms. The predicted molar refractivity (Wildman–Crippen MR) is 87.9 cm³/mol. The molecule has 0 aliphatic carbocycles. The van der Waals surface area contributed by atoms with Gasteiger partial charge in [-0.25, -0.2) is 4.98 Å². The van der Waals surface area contributed by atoms with Gasteiger partial charge in [0.15, 0.2) is 5.82 Å². The van der Waals surface area contributed by atoms with Crippen LogP contribution in [0.15, 0.2) is 30.6 Å². The minimum absolute atomic E-state index is 0.765. The van der Waals surface area contributed by atoms with Gasteiger partial charge < -0.3 is 5.73 Å². The summed E-state index contributed by atoms with van der Waals surface area (Å²) < 4.78 is 1.94. The smallest absolute Gasteiger partial charge is 0.181 e. The molecule has 0 saturated heterocycles. The molecule has 1 aromatic carbocycles. The minimum Gasteiger partial charge on any atom is -0.399 e. The van der Waals surface area contributed by atoms with Gasteiger partial charge in [0.25, 0.3) is 0 Å². The number of hydrogen-bond acceptors (Lipinski definition) is 3. The van der Waals surface area contributed by atoms with E-state index in [0.29, 0.717) is 0 Å². The number of unbranched alkanes of at least 4 members (excludes halogenated alkanes) is 6. The van der Waals surface area contributed by atoms with Crippen LogP contribution in [-0.2, 0) is 6.54 Å². The van der Waals surface area contributed by atoms with Crippen molar-refractivity contribution in [3.8, 4) is 11.4 Å². The zero-order valence-corrected chi connectivity index (χ0v) is 13.0. The highest BCUT2D eigenvalue weighted by molar-refractivity contribution is 5.57. The summed E-state index contributed by atoms with van der Waals surface area (Å²) in [7, 11) is 0. The summed E-state index contributed by atoms with van der Waals surface area (Å²) in [4.78, 5) is 4.37. The predicted octanol–water partition coefficient (Wildman–Crippen LogP) is 4.28. The number of benzene rings is 1. The first-order chi connectivity index (χ1) is 10.3. The van der Waals surface area contributed by atoms with Crippen molar-refractivity contribution >= 4 is 5.69 Å². The molecule has 2 rings (SSSR count). The Morgan fingerprint density at radius 3 is 2.33 bits per heavy atom. The number of nitrogen functional groups attached to an aromatic ring is 1. The minimum atomic E-state index is 0.765. The van der Waals surface area contributed by atoms with Crippen molar-refractivity contribution in [3.63, 3.8) is 0 Å². The lowest BCUT2D eigenvalue weighted by Crippen LogP contribution is -1.98. The van der Waals surface area contributed by atoms with Crippen molar-refractivity contribution in [3.05, 3.63) is 30.6 Å². The van der Waals surface area contributed by atoms with E-state index in [1.807, 2.05) is 35.3 Å². The van der Waals surface area contributed by atoms with E-state index in [1.165, 1.54) is 44.9 Å². The molecule has 0 saturated carbocycles. The van der Waals surface area contributed by atoms with Gasteiger partial charge in [-0.1, -0.05) is 45.4 Å². The lowest BCUT2D eigenvalue weighted by Gasteiger charge is -2.01. The standard InChI is InChI=1S/C17H26N4/c1-2-3-4-5-6-7-8-13-21-14-19-17(20-21)15-9-11-16(18)12-10-15/h9-12,14H,2-8,13,18H2,1H3. The first-order valence-corrected chi connectivity index (χ1v) is 8.05. The molecule has 0 aliphatic heterocycles. The number of rotatable bonds is 9. The first-order valence-electron chi connectivity index (χ1n) is 8.05. The molecule has 4 heteroatoms. The Hall–Kier alpha value is -1.84. The molecule has 1 heterocycles. The van der Waals surface area contributed by atoms with E-state index in [-0.39, 0.29) is 0 Å². The normalized spacial score (nSPS) is 10.9. The highest BCUT2D eigenvalue weighted by Crippen LogP contribution is 2.16. The van der Waals surface area contributed by atoms with E-state index < -0.39 is 0 Å². The van der Waals surface area contributed by atoms with Gasteiger partial charge in [-0.15, -0.1) is 0 Å². The van der Waals surface area contributed by atoms with Crippen LogP contribution < -0.4 is 5.73 Å². The van der Waals surface area contributed by atoms with E-state index in [2.05, 4.69) is 17.0 Å². The molecule has 0 bridgehead atoms. The molecule has 2 N–H and O–H groups in total. The van der Waals surface area contributed by atoms with Crippen LogP contribution >= 0.6 is 0 Å². The third-order valence-electron chi connectivity index (χ3n) is 3.70. The Bertz CT molecular complexity index is 516. The molecule has 0 fully saturated rings. The molecule has 0 radical (unpaired) electrons. The second-order valence-electron chi connectivity index (χ2n) is 5.57. The fourth-order valence-electron chi connectivity index (χ4n) is 2.40. The molecule has 0 unspecified atom stereocenters. The summed E-state index contributed by atoms with van der Waals surface area (Å²) in [6, 6.07) is 7.68. The number of anilines is 1. The van der Waals surface area contributed by atoms with Gasteiger partial charge in [0.05, 0.1) is 0 Å². The Morgan fingerprint density at radius 1 is 0.952 bits per heavy atom. The largest absolute Gasteiger partial charge is 0.399 e. The number of aromatic nitrogens is 3. The maximum Gasteiger partial charge on any atom is 0.181 e. The van der Waals surface area contributed by atoms with Gasteiger partial charge in [-0.3, -0.25) is 4.68 Å². The Kier molecular flexibility index (Phi) is 6.25. The van der Waals surface area contributed by atoms with E-state index in [0.717, 1.165) is 23.6 Å². The van der Waals surface area contributed by atoms with Crippen molar-refractivity contribution in [1.29, 1.82) is 0 Å². The maximum absolute atomic E-state index is 5.69. The molecule has 1 aromatic heterocycles.